The Hall–Kier alpha value is -4.20. The van der Waals surface area contributed by atoms with Gasteiger partial charge in [-0.3, -0.25) is 28.8 Å². The lowest BCUT2D eigenvalue weighted by atomic mass is 10.0. The van der Waals surface area contributed by atoms with Crippen molar-refractivity contribution in [1.82, 2.24) is 10.6 Å². The molecule has 53 heavy (non-hydrogen) atoms. The zero-order valence-corrected chi connectivity index (χ0v) is 31.7. The molecular weight excluding hydrogens is 696 g/mol. The molecule has 2 aliphatic rings. The first-order valence-corrected chi connectivity index (χ1v) is 17.4. The number of nitrogens with one attached hydrogen (secondary N) is 2. The Morgan fingerprint density at radius 2 is 0.981 bits per heavy atom. The van der Waals surface area contributed by atoms with Gasteiger partial charge in [-0.1, -0.05) is 78.3 Å². The van der Waals surface area contributed by atoms with Crippen molar-refractivity contribution in [3.63, 3.8) is 0 Å². The van der Waals surface area contributed by atoms with E-state index in [-0.39, 0.29) is 29.8 Å². The van der Waals surface area contributed by atoms with Crippen LogP contribution in [0.15, 0.2) is 30.3 Å². The minimum atomic E-state index is -0.959. The van der Waals surface area contributed by atoms with Crippen LogP contribution in [-0.2, 0) is 35.2 Å². The van der Waals surface area contributed by atoms with Crippen molar-refractivity contribution >= 4 is 35.8 Å². The van der Waals surface area contributed by atoms with Gasteiger partial charge in [-0.05, 0) is 68.5 Å². The van der Waals surface area contributed by atoms with Crippen LogP contribution in [0.3, 0.4) is 0 Å². The molecule has 0 radical (unpaired) electrons. The van der Waals surface area contributed by atoms with Crippen molar-refractivity contribution in [2.45, 2.75) is 116 Å². The molecule has 0 aromatic heterocycles. The summed E-state index contributed by atoms with van der Waals surface area (Å²) in [6.45, 7) is 12.6. The van der Waals surface area contributed by atoms with Gasteiger partial charge in [0.1, 0.15) is 36.3 Å². The van der Waals surface area contributed by atoms with Crippen LogP contribution < -0.4 is 33.6 Å². The Kier molecular flexibility index (Phi) is 30.4. The van der Waals surface area contributed by atoms with Crippen LogP contribution in [0.1, 0.15) is 79.2 Å². The molecule has 306 valence electrons. The third-order valence-electron chi connectivity index (χ3n) is 7.88. The highest BCUT2D eigenvalue weighted by molar-refractivity contribution is 5.75. The summed E-state index contributed by atoms with van der Waals surface area (Å²) in [4.78, 5) is 60.9. The molecule has 16 N–H and O–H groups in total. The summed E-state index contributed by atoms with van der Waals surface area (Å²) in [5.41, 5.74) is 21.9. The molecule has 0 bridgehead atoms. The van der Waals surface area contributed by atoms with Gasteiger partial charge in [0.25, 0.3) is 0 Å². The number of carboxylic acids is 6. The van der Waals surface area contributed by atoms with Crippen LogP contribution in [-0.4, -0.2) is 116 Å². The minimum absolute atomic E-state index is 0.0208. The molecule has 0 amide bonds. The third kappa shape index (κ3) is 28.0. The highest BCUT2D eigenvalue weighted by Gasteiger charge is 2.21. The predicted octanol–water partition coefficient (Wildman–Crippen LogP) is 0.840. The van der Waals surface area contributed by atoms with Gasteiger partial charge in [-0.25, -0.2) is 0 Å². The van der Waals surface area contributed by atoms with Crippen LogP contribution >= 0.6 is 0 Å². The number of rotatable bonds is 12. The second-order valence-corrected chi connectivity index (χ2v) is 13.1. The smallest absolute Gasteiger partial charge is 0.320 e. The fourth-order valence-electron chi connectivity index (χ4n) is 3.81. The maximum atomic E-state index is 10.4. The van der Waals surface area contributed by atoms with E-state index in [0.29, 0.717) is 6.42 Å². The number of hydrogen-bond acceptors (Lipinski definition) is 12. The Morgan fingerprint density at radius 3 is 1.15 bits per heavy atom. The molecule has 0 spiro atoms. The van der Waals surface area contributed by atoms with E-state index in [2.05, 4.69) is 10.6 Å². The van der Waals surface area contributed by atoms with E-state index in [4.69, 9.17) is 53.6 Å². The molecule has 2 saturated heterocycles. The molecule has 7 atom stereocenters. The van der Waals surface area contributed by atoms with Crippen molar-refractivity contribution in [2.24, 2.45) is 40.7 Å². The Bertz CT molecular complexity index is 1120. The predicted molar refractivity (Wildman–Crippen MR) is 199 cm³/mol. The van der Waals surface area contributed by atoms with Crippen LogP contribution in [0.4, 0.5) is 0 Å². The number of nitrogens with two attached hydrogens (primary N) is 4. The number of aliphatic carboxylic acids is 6. The lowest BCUT2D eigenvalue weighted by molar-refractivity contribution is -0.140. The third-order valence-corrected chi connectivity index (χ3v) is 7.88. The molecule has 0 saturated carbocycles. The molecule has 2 aliphatic heterocycles. The van der Waals surface area contributed by atoms with Gasteiger partial charge < -0.3 is 64.2 Å². The van der Waals surface area contributed by atoms with Gasteiger partial charge in [-0.15, -0.1) is 0 Å². The number of carbonyl (C=O) groups is 6. The Balaban J connectivity index is -0.000000571. The maximum absolute atomic E-state index is 10.4. The summed E-state index contributed by atoms with van der Waals surface area (Å²) in [6, 6.07) is 5.88. The second kappa shape index (κ2) is 30.3. The quantitative estimate of drug-likeness (QED) is 0.140. The fourth-order valence-corrected chi connectivity index (χ4v) is 3.81. The topological polar surface area (TPSA) is 352 Å². The second-order valence-electron chi connectivity index (χ2n) is 13.1. The minimum Gasteiger partial charge on any atom is -0.480 e. The van der Waals surface area contributed by atoms with Gasteiger partial charge in [-0.2, -0.15) is 0 Å². The summed E-state index contributed by atoms with van der Waals surface area (Å²) < 4.78 is 0. The van der Waals surface area contributed by atoms with Crippen molar-refractivity contribution in [1.29, 1.82) is 0 Å². The zero-order chi connectivity index (χ0) is 41.8. The average Bonchev–Trinajstić information content (AvgIpc) is 3.85. The molecule has 2 fully saturated rings. The van der Waals surface area contributed by atoms with Gasteiger partial charge in [0.05, 0.1) is 0 Å². The summed E-state index contributed by atoms with van der Waals surface area (Å²) in [6.07, 6.45) is 4.77. The molecular formula is C35H64N6O12. The number of carboxylic acid groups (broad SMARTS) is 6. The number of benzene rings is 1. The largest absolute Gasteiger partial charge is 0.480 e. The van der Waals surface area contributed by atoms with E-state index < -0.39 is 60.0 Å². The van der Waals surface area contributed by atoms with E-state index in [0.717, 1.165) is 50.8 Å². The van der Waals surface area contributed by atoms with E-state index in [1.54, 1.807) is 27.7 Å². The first kappa shape index (κ1) is 53.2. The molecule has 18 nitrogen and oxygen atoms in total. The fraction of sp³-hybridized carbons (Fsp3) is 0.657. The van der Waals surface area contributed by atoms with Crippen LogP contribution in [0, 0.1) is 17.8 Å². The van der Waals surface area contributed by atoms with E-state index in [1.165, 1.54) is 0 Å². The standard InChI is InChI=1S/C9H11NO2.C6H13NO2.2C5H9NO2.2C5H11NO2/c10-8(9(11)12)6-7-4-2-1-3-5-7;1-3-4(2)5(7)6(8)9;2*7-5(8)4-2-1-3-6-4;2*1-3(2)4(6)5(7)8/h1-5,8H,6,10H2,(H,11,12);4-5H,3,7H2,1-2H3,(H,8,9);2*4,6H,1-3H2,(H,7,8);2*3-4H,6H2,1-2H3,(H,7,8)/t;;2*4-;;/m..00../s1. The van der Waals surface area contributed by atoms with E-state index in [9.17, 15) is 28.8 Å². The van der Waals surface area contributed by atoms with Gasteiger partial charge in [0, 0.05) is 0 Å². The zero-order valence-electron chi connectivity index (χ0n) is 31.7. The molecule has 0 aliphatic carbocycles. The normalized spacial score (nSPS) is 18.4. The van der Waals surface area contributed by atoms with Crippen molar-refractivity contribution in [3.8, 4) is 0 Å². The van der Waals surface area contributed by atoms with Crippen LogP contribution in [0.2, 0.25) is 0 Å². The molecule has 18 heteroatoms. The molecule has 1 aromatic rings. The highest BCUT2D eigenvalue weighted by atomic mass is 16.4. The molecule has 2 heterocycles. The van der Waals surface area contributed by atoms with Crippen molar-refractivity contribution in [3.05, 3.63) is 35.9 Å². The Labute approximate surface area is 311 Å². The molecule has 3 rings (SSSR count). The lowest BCUT2D eigenvalue weighted by Gasteiger charge is -2.11. The van der Waals surface area contributed by atoms with Gasteiger partial charge >= 0.3 is 35.8 Å². The highest BCUT2D eigenvalue weighted by Crippen LogP contribution is 2.05. The summed E-state index contributed by atoms with van der Waals surface area (Å²) >= 11 is 0. The van der Waals surface area contributed by atoms with Crippen LogP contribution in [0.25, 0.3) is 0 Å². The summed E-state index contributed by atoms with van der Waals surface area (Å²) in [5, 5.41) is 55.7. The first-order chi connectivity index (χ1) is 24.5. The van der Waals surface area contributed by atoms with Gasteiger partial charge in [0.15, 0.2) is 0 Å². The number of hydrogen-bond donors (Lipinski definition) is 12. The lowest BCUT2D eigenvalue weighted by Crippen LogP contribution is -2.36. The summed E-state index contributed by atoms with van der Waals surface area (Å²) in [5.74, 6) is -5.06. The van der Waals surface area contributed by atoms with Crippen molar-refractivity contribution in [2.75, 3.05) is 13.1 Å². The Morgan fingerprint density at radius 1 is 0.623 bits per heavy atom. The monoisotopic (exact) mass is 760 g/mol. The SMILES string of the molecule is CC(C)C(N)C(=O)O.CC(C)C(N)C(=O)O.CCC(C)C(N)C(=O)O.NC(Cc1ccccc1)C(=O)O.O=C(O)[C@@H]1CCCN1.O=C(O)[C@@H]1CCCN1. The van der Waals surface area contributed by atoms with E-state index in [1.807, 2.05) is 44.2 Å². The molecule has 5 unspecified atom stereocenters. The molecule has 1 aromatic carbocycles. The van der Waals surface area contributed by atoms with Gasteiger partial charge in [0.2, 0.25) is 0 Å². The average molecular weight is 761 g/mol. The van der Waals surface area contributed by atoms with Crippen LogP contribution in [0.5, 0.6) is 0 Å². The summed E-state index contributed by atoms with van der Waals surface area (Å²) in [7, 11) is 0. The van der Waals surface area contributed by atoms with E-state index >= 15 is 0 Å². The van der Waals surface area contributed by atoms with Crippen molar-refractivity contribution < 1.29 is 59.4 Å². The first-order valence-electron chi connectivity index (χ1n) is 17.4. The maximum Gasteiger partial charge on any atom is 0.320 e.